The molecule has 0 spiro atoms. The van der Waals surface area contributed by atoms with Gasteiger partial charge in [-0.15, -0.1) is 9.78 Å². The lowest BCUT2D eigenvalue weighted by Gasteiger charge is -2.22. The van der Waals surface area contributed by atoms with Gasteiger partial charge in [-0.1, -0.05) is 19.3 Å². The molecule has 106 valence electrons. The minimum atomic E-state index is -0.430. The van der Waals surface area contributed by atoms with Gasteiger partial charge in [0.2, 0.25) is 5.95 Å². The van der Waals surface area contributed by atoms with Crippen molar-refractivity contribution >= 4 is 12.0 Å². The summed E-state index contributed by atoms with van der Waals surface area (Å²) in [6, 6.07) is -0.265. The van der Waals surface area contributed by atoms with Crippen LogP contribution in [0.3, 0.4) is 0 Å². The molecule has 1 aromatic rings. The summed E-state index contributed by atoms with van der Waals surface area (Å²) in [7, 11) is 5.17. The molecule has 19 heavy (non-hydrogen) atoms. The highest BCUT2D eigenvalue weighted by Gasteiger charge is 2.21. The molecule has 1 fully saturated rings. The second-order valence-corrected chi connectivity index (χ2v) is 5.23. The summed E-state index contributed by atoms with van der Waals surface area (Å²) >= 11 is 0. The van der Waals surface area contributed by atoms with E-state index in [1.54, 1.807) is 26.0 Å². The third kappa shape index (κ3) is 2.80. The first-order chi connectivity index (χ1) is 9.00. The summed E-state index contributed by atoms with van der Waals surface area (Å²) in [4.78, 5) is 25.7. The first-order valence-electron chi connectivity index (χ1n) is 6.65. The number of anilines is 1. The maximum absolute atomic E-state index is 12.1. The smallest absolute Gasteiger partial charge is 0.347 e. The molecule has 0 unspecified atom stereocenters. The van der Waals surface area contributed by atoms with Gasteiger partial charge in [0, 0.05) is 27.2 Å². The standard InChI is InChI=1S/C12H21N5O2/c1-15(2)10-14-17(12(19)16(10)3)11(18)13-9-7-5-4-6-8-9/h9H,4-8H2,1-3H3,(H,13,18). The van der Waals surface area contributed by atoms with Gasteiger partial charge in [0.1, 0.15) is 0 Å². The molecule has 0 aliphatic heterocycles. The monoisotopic (exact) mass is 267 g/mol. The molecule has 1 aliphatic carbocycles. The van der Waals surface area contributed by atoms with Crippen LogP contribution in [-0.2, 0) is 7.05 Å². The van der Waals surface area contributed by atoms with Gasteiger partial charge in [0.25, 0.3) is 0 Å². The molecular formula is C12H21N5O2. The number of amides is 1. The fraction of sp³-hybridized carbons (Fsp3) is 0.750. The van der Waals surface area contributed by atoms with Crippen molar-refractivity contribution in [1.82, 2.24) is 19.7 Å². The molecule has 0 atom stereocenters. The zero-order valence-electron chi connectivity index (χ0n) is 11.7. The van der Waals surface area contributed by atoms with Crippen LogP contribution >= 0.6 is 0 Å². The Kier molecular flexibility index (Phi) is 3.92. The Balaban J connectivity index is 2.15. The highest BCUT2D eigenvalue weighted by Crippen LogP contribution is 2.17. The first kappa shape index (κ1) is 13.6. The van der Waals surface area contributed by atoms with Crippen LogP contribution in [0.5, 0.6) is 0 Å². The average Bonchev–Trinajstić information content (AvgIpc) is 2.68. The molecule has 1 heterocycles. The fourth-order valence-corrected chi connectivity index (χ4v) is 2.43. The first-order valence-corrected chi connectivity index (χ1v) is 6.65. The molecular weight excluding hydrogens is 246 g/mol. The molecule has 2 rings (SSSR count). The Bertz CT molecular complexity index is 511. The third-order valence-corrected chi connectivity index (χ3v) is 3.48. The molecule has 1 aliphatic rings. The van der Waals surface area contributed by atoms with E-state index in [2.05, 4.69) is 10.4 Å². The predicted octanol–water partition coefficient (Wildman–Crippen LogP) is 0.538. The summed E-state index contributed by atoms with van der Waals surface area (Å²) in [5, 5.41) is 6.94. The van der Waals surface area contributed by atoms with Crippen molar-refractivity contribution in [2.45, 2.75) is 38.1 Å². The molecule has 7 nitrogen and oxygen atoms in total. The summed E-state index contributed by atoms with van der Waals surface area (Å²) in [5.74, 6) is 0.462. The lowest BCUT2D eigenvalue weighted by molar-refractivity contribution is 0.230. The molecule has 1 N–H and O–H groups in total. The normalized spacial score (nSPS) is 16.4. The number of carbonyl (C=O) groups is 1. The number of hydrogen-bond donors (Lipinski definition) is 1. The van der Waals surface area contributed by atoms with Crippen molar-refractivity contribution in [2.75, 3.05) is 19.0 Å². The van der Waals surface area contributed by atoms with E-state index in [-0.39, 0.29) is 6.04 Å². The molecule has 0 aromatic carbocycles. The Labute approximate surface area is 112 Å². The van der Waals surface area contributed by atoms with Crippen LogP contribution in [0.25, 0.3) is 0 Å². The minimum Gasteiger partial charge on any atom is -0.347 e. The average molecular weight is 267 g/mol. The van der Waals surface area contributed by atoms with Gasteiger partial charge in [0.15, 0.2) is 0 Å². The van der Waals surface area contributed by atoms with E-state index in [1.165, 1.54) is 11.0 Å². The molecule has 0 radical (unpaired) electrons. The highest BCUT2D eigenvalue weighted by molar-refractivity contribution is 5.76. The summed E-state index contributed by atoms with van der Waals surface area (Å²) in [6.07, 6.45) is 5.44. The fourth-order valence-electron chi connectivity index (χ4n) is 2.43. The van der Waals surface area contributed by atoms with E-state index in [0.717, 1.165) is 30.4 Å². The van der Waals surface area contributed by atoms with E-state index in [1.807, 2.05) is 0 Å². The van der Waals surface area contributed by atoms with Gasteiger partial charge in [0.05, 0.1) is 0 Å². The second kappa shape index (κ2) is 5.46. The lowest BCUT2D eigenvalue weighted by Crippen LogP contribution is -2.43. The Morgan fingerprint density at radius 1 is 1.32 bits per heavy atom. The van der Waals surface area contributed by atoms with Gasteiger partial charge in [-0.05, 0) is 12.8 Å². The minimum absolute atomic E-state index is 0.165. The zero-order chi connectivity index (χ0) is 14.0. The lowest BCUT2D eigenvalue weighted by atomic mass is 9.96. The highest BCUT2D eigenvalue weighted by atomic mass is 16.2. The molecule has 1 saturated carbocycles. The second-order valence-electron chi connectivity index (χ2n) is 5.23. The summed E-state index contributed by atoms with van der Waals surface area (Å²) in [6.45, 7) is 0. The van der Waals surface area contributed by atoms with Crippen molar-refractivity contribution in [3.05, 3.63) is 10.5 Å². The SMILES string of the molecule is CN(C)c1nn(C(=O)NC2CCCCC2)c(=O)n1C. The number of hydrogen-bond acceptors (Lipinski definition) is 4. The number of aromatic nitrogens is 3. The molecule has 0 saturated heterocycles. The number of rotatable bonds is 2. The van der Waals surface area contributed by atoms with Gasteiger partial charge >= 0.3 is 11.7 Å². The Morgan fingerprint density at radius 3 is 2.47 bits per heavy atom. The largest absolute Gasteiger partial charge is 0.355 e. The van der Waals surface area contributed by atoms with Gasteiger partial charge in [-0.2, -0.15) is 0 Å². The summed E-state index contributed by atoms with van der Waals surface area (Å²) < 4.78 is 2.27. The van der Waals surface area contributed by atoms with Crippen LogP contribution in [0.1, 0.15) is 32.1 Å². The van der Waals surface area contributed by atoms with E-state index in [0.29, 0.717) is 5.95 Å². The molecule has 0 bridgehead atoms. The maximum Gasteiger partial charge on any atom is 0.355 e. The van der Waals surface area contributed by atoms with Crippen LogP contribution < -0.4 is 15.9 Å². The van der Waals surface area contributed by atoms with E-state index in [4.69, 9.17) is 0 Å². The molecule has 1 amide bonds. The van der Waals surface area contributed by atoms with E-state index >= 15 is 0 Å². The van der Waals surface area contributed by atoms with Crippen molar-refractivity contribution in [3.63, 3.8) is 0 Å². The van der Waals surface area contributed by atoms with Crippen LogP contribution in [-0.4, -0.2) is 40.5 Å². The quantitative estimate of drug-likeness (QED) is 0.849. The number of nitrogens with zero attached hydrogens (tertiary/aromatic N) is 4. The predicted molar refractivity (Wildman–Crippen MR) is 72.6 cm³/mol. The summed E-state index contributed by atoms with van der Waals surface area (Å²) in [5.41, 5.74) is -0.419. The van der Waals surface area contributed by atoms with Gasteiger partial charge in [-0.3, -0.25) is 4.57 Å². The van der Waals surface area contributed by atoms with Crippen LogP contribution in [0.2, 0.25) is 0 Å². The van der Waals surface area contributed by atoms with Crippen molar-refractivity contribution in [2.24, 2.45) is 7.05 Å². The third-order valence-electron chi connectivity index (χ3n) is 3.48. The van der Waals surface area contributed by atoms with Crippen LogP contribution in [0, 0.1) is 0 Å². The maximum atomic E-state index is 12.1. The van der Waals surface area contributed by atoms with Gasteiger partial charge in [-0.25, -0.2) is 9.59 Å². The van der Waals surface area contributed by atoms with E-state index in [9.17, 15) is 9.59 Å². The Hall–Kier alpha value is -1.79. The number of carbonyl (C=O) groups excluding carboxylic acids is 1. The Morgan fingerprint density at radius 2 is 1.95 bits per heavy atom. The van der Waals surface area contributed by atoms with Crippen molar-refractivity contribution in [3.8, 4) is 0 Å². The van der Waals surface area contributed by atoms with E-state index < -0.39 is 11.7 Å². The zero-order valence-corrected chi connectivity index (χ0v) is 11.7. The molecule has 1 aromatic heterocycles. The van der Waals surface area contributed by atoms with Crippen LogP contribution in [0.15, 0.2) is 4.79 Å². The van der Waals surface area contributed by atoms with Gasteiger partial charge < -0.3 is 10.2 Å². The topological polar surface area (TPSA) is 72.2 Å². The number of nitrogens with one attached hydrogen (secondary N) is 1. The van der Waals surface area contributed by atoms with Crippen molar-refractivity contribution in [1.29, 1.82) is 0 Å². The molecule has 7 heteroatoms. The van der Waals surface area contributed by atoms with Crippen LogP contribution in [0.4, 0.5) is 10.7 Å². The van der Waals surface area contributed by atoms with Crippen molar-refractivity contribution < 1.29 is 4.79 Å².